The number of benzene rings is 2. The van der Waals surface area contributed by atoms with Gasteiger partial charge in [0.25, 0.3) is 0 Å². The van der Waals surface area contributed by atoms with Gasteiger partial charge in [0.15, 0.2) is 0 Å². The number of aryl methyl sites for hydroxylation is 1. The maximum absolute atomic E-state index is 3.55. The number of nitrogens with one attached hydrogen (secondary N) is 1. The summed E-state index contributed by atoms with van der Waals surface area (Å²) in [5.41, 5.74) is 7.13. The first-order valence-corrected chi connectivity index (χ1v) is 7.49. The van der Waals surface area contributed by atoms with Gasteiger partial charge in [-0.2, -0.15) is 0 Å². The average molecular weight is 264 g/mol. The maximum atomic E-state index is 3.55. The van der Waals surface area contributed by atoms with Crippen LogP contribution in [0.25, 0.3) is 0 Å². The SMILES string of the molecule is Cc1ccc(N2CCC3CNCc4cccc2c43)cc1. The zero-order valence-corrected chi connectivity index (χ0v) is 11.9. The van der Waals surface area contributed by atoms with Crippen molar-refractivity contribution >= 4 is 11.4 Å². The van der Waals surface area contributed by atoms with Crippen LogP contribution in [0.5, 0.6) is 0 Å². The Bertz CT molecular complexity index is 630. The average Bonchev–Trinajstić information content (AvgIpc) is 2.49. The first-order chi connectivity index (χ1) is 9.83. The van der Waals surface area contributed by atoms with E-state index in [1.54, 1.807) is 5.56 Å². The van der Waals surface area contributed by atoms with Crippen molar-refractivity contribution in [2.45, 2.75) is 25.8 Å². The molecule has 4 rings (SSSR count). The molecule has 2 heteroatoms. The second kappa shape index (κ2) is 4.64. The largest absolute Gasteiger partial charge is 0.341 e. The van der Waals surface area contributed by atoms with E-state index in [9.17, 15) is 0 Å². The van der Waals surface area contributed by atoms with Gasteiger partial charge in [-0.25, -0.2) is 0 Å². The Morgan fingerprint density at radius 1 is 1.10 bits per heavy atom. The van der Waals surface area contributed by atoms with E-state index in [0.29, 0.717) is 5.92 Å². The topological polar surface area (TPSA) is 15.3 Å². The molecule has 1 unspecified atom stereocenters. The lowest BCUT2D eigenvalue weighted by Gasteiger charge is -2.39. The van der Waals surface area contributed by atoms with E-state index < -0.39 is 0 Å². The third kappa shape index (κ3) is 1.83. The number of anilines is 2. The second-order valence-corrected chi connectivity index (χ2v) is 5.95. The fraction of sp³-hybridized carbons (Fsp3) is 0.333. The summed E-state index contributed by atoms with van der Waals surface area (Å²) in [6, 6.07) is 15.7. The molecule has 0 fully saturated rings. The molecule has 0 bridgehead atoms. The molecule has 1 N–H and O–H groups in total. The molecule has 2 heterocycles. The van der Waals surface area contributed by atoms with Crippen molar-refractivity contribution in [3.05, 3.63) is 59.2 Å². The summed E-state index contributed by atoms with van der Waals surface area (Å²) >= 11 is 0. The molecule has 0 spiro atoms. The van der Waals surface area contributed by atoms with Crippen LogP contribution in [0.2, 0.25) is 0 Å². The highest BCUT2D eigenvalue weighted by Gasteiger charge is 2.29. The summed E-state index contributed by atoms with van der Waals surface area (Å²) in [4.78, 5) is 2.49. The van der Waals surface area contributed by atoms with E-state index >= 15 is 0 Å². The minimum Gasteiger partial charge on any atom is -0.341 e. The Hall–Kier alpha value is -1.80. The third-order valence-electron chi connectivity index (χ3n) is 4.63. The van der Waals surface area contributed by atoms with Gasteiger partial charge in [0.1, 0.15) is 0 Å². The normalized spacial score (nSPS) is 20.6. The zero-order valence-electron chi connectivity index (χ0n) is 11.9. The van der Waals surface area contributed by atoms with Crippen molar-refractivity contribution < 1.29 is 0 Å². The molecular weight excluding hydrogens is 244 g/mol. The van der Waals surface area contributed by atoms with E-state index in [0.717, 1.165) is 19.6 Å². The van der Waals surface area contributed by atoms with Gasteiger partial charge in [0, 0.05) is 36.9 Å². The van der Waals surface area contributed by atoms with Crippen LogP contribution in [0.4, 0.5) is 11.4 Å². The molecular formula is C18H20N2. The summed E-state index contributed by atoms with van der Waals surface area (Å²) < 4.78 is 0. The smallest absolute Gasteiger partial charge is 0.0449 e. The van der Waals surface area contributed by atoms with Gasteiger partial charge in [-0.15, -0.1) is 0 Å². The van der Waals surface area contributed by atoms with E-state index in [1.807, 2.05) is 0 Å². The number of rotatable bonds is 1. The van der Waals surface area contributed by atoms with Crippen molar-refractivity contribution in [2.24, 2.45) is 0 Å². The van der Waals surface area contributed by atoms with Crippen LogP contribution in [-0.4, -0.2) is 13.1 Å². The van der Waals surface area contributed by atoms with Crippen molar-refractivity contribution in [3.8, 4) is 0 Å². The minimum atomic E-state index is 0.691. The first kappa shape index (κ1) is 12.0. The highest BCUT2D eigenvalue weighted by atomic mass is 15.1. The molecule has 0 saturated carbocycles. The van der Waals surface area contributed by atoms with Gasteiger partial charge in [0.2, 0.25) is 0 Å². The highest BCUT2D eigenvalue weighted by Crippen LogP contribution is 2.42. The summed E-state index contributed by atoms with van der Waals surface area (Å²) in [6.45, 7) is 5.41. The first-order valence-electron chi connectivity index (χ1n) is 7.49. The van der Waals surface area contributed by atoms with Crippen LogP contribution in [0.1, 0.15) is 29.0 Å². The molecule has 1 atom stereocenters. The molecule has 0 saturated heterocycles. The van der Waals surface area contributed by atoms with Gasteiger partial charge >= 0.3 is 0 Å². The van der Waals surface area contributed by atoms with Gasteiger partial charge < -0.3 is 10.2 Å². The van der Waals surface area contributed by atoms with Gasteiger partial charge in [-0.3, -0.25) is 0 Å². The van der Waals surface area contributed by atoms with Crippen molar-refractivity contribution in [1.29, 1.82) is 0 Å². The molecule has 0 amide bonds. The monoisotopic (exact) mass is 264 g/mol. The quantitative estimate of drug-likeness (QED) is 0.844. The van der Waals surface area contributed by atoms with Crippen LogP contribution in [0.3, 0.4) is 0 Å². The van der Waals surface area contributed by atoms with Gasteiger partial charge in [-0.05, 0) is 42.7 Å². The lowest BCUT2D eigenvalue weighted by atomic mass is 9.83. The fourth-order valence-electron chi connectivity index (χ4n) is 3.59. The molecule has 2 nitrogen and oxygen atoms in total. The van der Waals surface area contributed by atoms with Crippen LogP contribution >= 0.6 is 0 Å². The fourth-order valence-corrected chi connectivity index (χ4v) is 3.59. The predicted molar refractivity (Wildman–Crippen MR) is 83.7 cm³/mol. The molecule has 0 aromatic heterocycles. The summed E-state index contributed by atoms with van der Waals surface area (Å²) in [5.74, 6) is 0.691. The Morgan fingerprint density at radius 3 is 2.80 bits per heavy atom. The highest BCUT2D eigenvalue weighted by molar-refractivity contribution is 5.70. The van der Waals surface area contributed by atoms with Crippen LogP contribution in [-0.2, 0) is 6.54 Å². The molecule has 2 aliphatic heterocycles. The van der Waals surface area contributed by atoms with Crippen molar-refractivity contribution in [3.63, 3.8) is 0 Å². The number of hydrogen-bond acceptors (Lipinski definition) is 2. The molecule has 0 aliphatic carbocycles. The van der Waals surface area contributed by atoms with E-state index in [-0.39, 0.29) is 0 Å². The van der Waals surface area contributed by atoms with Crippen LogP contribution in [0.15, 0.2) is 42.5 Å². The maximum Gasteiger partial charge on any atom is 0.0449 e. The molecule has 2 aromatic carbocycles. The summed E-state index contributed by atoms with van der Waals surface area (Å²) in [7, 11) is 0. The van der Waals surface area contributed by atoms with Crippen molar-refractivity contribution in [1.82, 2.24) is 5.32 Å². The minimum absolute atomic E-state index is 0.691. The Labute approximate surface area is 120 Å². The van der Waals surface area contributed by atoms with E-state index in [4.69, 9.17) is 0 Å². The van der Waals surface area contributed by atoms with E-state index in [2.05, 4.69) is 59.6 Å². The van der Waals surface area contributed by atoms with Crippen molar-refractivity contribution in [2.75, 3.05) is 18.0 Å². The lowest BCUT2D eigenvalue weighted by Crippen LogP contribution is -2.36. The van der Waals surface area contributed by atoms with Crippen LogP contribution < -0.4 is 10.2 Å². The Morgan fingerprint density at radius 2 is 1.95 bits per heavy atom. The summed E-state index contributed by atoms with van der Waals surface area (Å²) in [6.07, 6.45) is 1.24. The number of nitrogens with zero attached hydrogens (tertiary/aromatic N) is 1. The van der Waals surface area contributed by atoms with E-state index in [1.165, 1.54) is 28.9 Å². The molecule has 2 aromatic rings. The third-order valence-corrected chi connectivity index (χ3v) is 4.63. The Balaban J connectivity index is 1.82. The molecule has 20 heavy (non-hydrogen) atoms. The summed E-state index contributed by atoms with van der Waals surface area (Å²) in [5, 5.41) is 3.55. The second-order valence-electron chi connectivity index (χ2n) is 5.95. The standard InChI is InChI=1S/C18H20N2/c1-13-5-7-16(8-6-13)20-10-9-15-12-19-11-14-3-2-4-17(20)18(14)15/h2-8,15,19H,9-12H2,1H3. The van der Waals surface area contributed by atoms with Crippen LogP contribution in [0, 0.1) is 6.92 Å². The van der Waals surface area contributed by atoms with Gasteiger partial charge in [0.05, 0.1) is 0 Å². The lowest BCUT2D eigenvalue weighted by molar-refractivity contribution is 0.502. The van der Waals surface area contributed by atoms with Gasteiger partial charge in [-0.1, -0.05) is 29.8 Å². The number of hydrogen-bond donors (Lipinski definition) is 1. The predicted octanol–water partition coefficient (Wildman–Crippen LogP) is 3.72. The zero-order chi connectivity index (χ0) is 13.5. The Kier molecular flexibility index (Phi) is 2.78. The molecule has 102 valence electrons. The molecule has 0 radical (unpaired) electrons. The molecule has 2 aliphatic rings.